The minimum Gasteiger partial charge on any atom is -0.360 e. The third-order valence-corrected chi connectivity index (χ3v) is 2.67. The zero-order valence-electron chi connectivity index (χ0n) is 7.27. The Morgan fingerprint density at radius 3 is 3.00 bits per heavy atom. The summed E-state index contributed by atoms with van der Waals surface area (Å²) < 4.78 is 0. The summed E-state index contributed by atoms with van der Waals surface area (Å²) in [6, 6.07) is 8.26. The number of hydrogen-bond donors (Lipinski definition) is 2. The van der Waals surface area contributed by atoms with Gasteiger partial charge in [0.2, 0.25) is 5.11 Å². The molecule has 2 N–H and O–H groups in total. The molecule has 2 aliphatic heterocycles. The van der Waals surface area contributed by atoms with Crippen molar-refractivity contribution in [2.24, 2.45) is 10.2 Å². The lowest BCUT2D eigenvalue weighted by molar-refractivity contribution is 0.539. The van der Waals surface area contributed by atoms with Gasteiger partial charge in [-0.25, -0.2) is 0 Å². The quantitative estimate of drug-likeness (QED) is 0.634. The molecule has 1 aromatic carbocycles. The maximum Gasteiger partial charge on any atom is 0.214 e. The van der Waals surface area contributed by atoms with Crippen molar-refractivity contribution in [1.82, 2.24) is 5.32 Å². The number of azo groups is 1. The molecule has 70 valence electrons. The second-order valence-electron chi connectivity index (χ2n) is 3.32. The van der Waals surface area contributed by atoms with Gasteiger partial charge < -0.3 is 10.6 Å². The van der Waals surface area contributed by atoms with Gasteiger partial charge in [-0.05, 0) is 18.3 Å². The number of hydrogen-bond acceptors (Lipinski definition) is 3. The lowest BCUT2D eigenvalue weighted by Crippen LogP contribution is -2.36. The van der Waals surface area contributed by atoms with Gasteiger partial charge in [-0.2, -0.15) is 5.11 Å². The molecule has 14 heavy (non-hydrogen) atoms. The molecule has 0 aliphatic carbocycles. The normalized spacial score (nSPS) is 27.6. The van der Waals surface area contributed by atoms with Crippen molar-refractivity contribution in [3.63, 3.8) is 0 Å². The highest BCUT2D eigenvalue weighted by molar-refractivity contribution is 7.80. The van der Waals surface area contributed by atoms with Crippen molar-refractivity contribution in [2.45, 2.75) is 12.2 Å². The molecule has 2 aliphatic rings. The van der Waals surface area contributed by atoms with Crippen LogP contribution in [0.2, 0.25) is 0 Å². The minimum atomic E-state index is -0.0147. The first-order valence-corrected chi connectivity index (χ1v) is 4.82. The predicted molar refractivity (Wildman–Crippen MR) is 57.2 cm³/mol. The van der Waals surface area contributed by atoms with Crippen LogP contribution in [-0.2, 0) is 0 Å². The highest BCUT2D eigenvalue weighted by Gasteiger charge is 2.34. The van der Waals surface area contributed by atoms with E-state index in [9.17, 15) is 0 Å². The van der Waals surface area contributed by atoms with E-state index in [0.29, 0.717) is 5.11 Å². The molecular formula is C9H8N4S. The Balaban J connectivity index is 2.07. The number of para-hydroxylation sites is 1. The number of fused-ring (bicyclic) bond motifs is 3. The summed E-state index contributed by atoms with van der Waals surface area (Å²) in [5, 5.41) is 14.8. The maximum absolute atomic E-state index is 4.96. The van der Waals surface area contributed by atoms with Crippen LogP contribution >= 0.6 is 12.2 Å². The van der Waals surface area contributed by atoms with Crippen LogP contribution in [0.4, 0.5) is 5.69 Å². The second-order valence-corrected chi connectivity index (χ2v) is 3.71. The standard InChI is InChI=1S/C9H8N4S/c14-9-11-7-5-3-1-2-4-6(5)10-8(7)12-13-9/h1-4,7-8,10H,(H,11,14). The highest BCUT2D eigenvalue weighted by Crippen LogP contribution is 2.35. The van der Waals surface area contributed by atoms with Crippen molar-refractivity contribution >= 4 is 23.0 Å². The summed E-state index contributed by atoms with van der Waals surface area (Å²) in [5.41, 5.74) is 2.32. The number of nitrogens with one attached hydrogen (secondary N) is 2. The van der Waals surface area contributed by atoms with Crippen molar-refractivity contribution in [2.75, 3.05) is 5.32 Å². The van der Waals surface area contributed by atoms with Gasteiger partial charge in [0, 0.05) is 11.3 Å². The molecule has 0 fully saturated rings. The van der Waals surface area contributed by atoms with E-state index in [1.807, 2.05) is 18.2 Å². The Bertz CT molecular complexity index is 429. The highest BCUT2D eigenvalue weighted by atomic mass is 32.1. The van der Waals surface area contributed by atoms with Gasteiger partial charge in [0.1, 0.15) is 0 Å². The molecule has 0 bridgehead atoms. The zero-order valence-corrected chi connectivity index (χ0v) is 8.08. The third kappa shape index (κ3) is 1.02. The fourth-order valence-corrected chi connectivity index (χ4v) is 2.02. The molecule has 5 heteroatoms. The van der Waals surface area contributed by atoms with Crippen LogP contribution in [0.15, 0.2) is 34.5 Å². The first kappa shape index (κ1) is 7.87. The summed E-state index contributed by atoms with van der Waals surface area (Å²) >= 11 is 4.96. The smallest absolute Gasteiger partial charge is 0.214 e. The molecule has 0 aromatic heterocycles. The van der Waals surface area contributed by atoms with E-state index in [0.717, 1.165) is 5.69 Å². The molecule has 0 saturated carbocycles. The fourth-order valence-electron chi connectivity index (χ4n) is 1.84. The summed E-state index contributed by atoms with van der Waals surface area (Å²) in [5.74, 6) is 0. The van der Waals surface area contributed by atoms with E-state index in [2.05, 4.69) is 26.9 Å². The largest absolute Gasteiger partial charge is 0.360 e. The number of rotatable bonds is 0. The number of thiocarbonyl (C=S) groups is 1. The Hall–Kier alpha value is -1.49. The lowest BCUT2D eigenvalue weighted by Gasteiger charge is -2.20. The Kier molecular flexibility index (Phi) is 1.55. The zero-order chi connectivity index (χ0) is 9.54. The molecule has 0 spiro atoms. The monoisotopic (exact) mass is 204 g/mol. The van der Waals surface area contributed by atoms with Crippen molar-refractivity contribution in [3.05, 3.63) is 29.8 Å². The molecule has 4 nitrogen and oxygen atoms in total. The lowest BCUT2D eigenvalue weighted by atomic mass is 10.1. The van der Waals surface area contributed by atoms with Gasteiger partial charge in [0.05, 0.1) is 6.04 Å². The van der Waals surface area contributed by atoms with Crippen LogP contribution in [0.25, 0.3) is 0 Å². The molecule has 2 heterocycles. The van der Waals surface area contributed by atoms with Gasteiger partial charge in [-0.1, -0.05) is 18.2 Å². The van der Waals surface area contributed by atoms with Crippen LogP contribution in [0.5, 0.6) is 0 Å². The topological polar surface area (TPSA) is 48.8 Å². The van der Waals surface area contributed by atoms with E-state index in [4.69, 9.17) is 12.2 Å². The average molecular weight is 204 g/mol. The summed E-state index contributed by atoms with van der Waals surface area (Å²) in [6.45, 7) is 0. The van der Waals surface area contributed by atoms with Gasteiger partial charge in [0.25, 0.3) is 0 Å². The Morgan fingerprint density at radius 1 is 1.21 bits per heavy atom. The molecule has 1 aromatic rings. The van der Waals surface area contributed by atoms with E-state index >= 15 is 0 Å². The minimum absolute atomic E-state index is 0.0147. The first-order chi connectivity index (χ1) is 6.84. The van der Waals surface area contributed by atoms with Crippen molar-refractivity contribution in [3.8, 4) is 0 Å². The molecule has 0 saturated heterocycles. The molecule has 3 rings (SSSR count). The number of benzene rings is 1. The van der Waals surface area contributed by atoms with E-state index in [1.54, 1.807) is 0 Å². The average Bonchev–Trinajstić information content (AvgIpc) is 2.56. The molecular weight excluding hydrogens is 196 g/mol. The van der Waals surface area contributed by atoms with Gasteiger partial charge >= 0.3 is 0 Å². The van der Waals surface area contributed by atoms with E-state index in [1.165, 1.54) is 5.56 Å². The Morgan fingerprint density at radius 2 is 2.07 bits per heavy atom. The SMILES string of the molecule is S=C1N=NC2Nc3ccccc3C2N1. The fraction of sp³-hybridized carbons (Fsp3) is 0.222. The van der Waals surface area contributed by atoms with Crippen LogP contribution in [0, 0.1) is 0 Å². The molecule has 2 unspecified atom stereocenters. The first-order valence-electron chi connectivity index (χ1n) is 4.41. The predicted octanol–water partition coefficient (Wildman–Crippen LogP) is 1.82. The second kappa shape index (κ2) is 2.75. The van der Waals surface area contributed by atoms with Crippen molar-refractivity contribution < 1.29 is 0 Å². The van der Waals surface area contributed by atoms with Crippen molar-refractivity contribution in [1.29, 1.82) is 0 Å². The van der Waals surface area contributed by atoms with Crippen LogP contribution in [0.3, 0.4) is 0 Å². The number of nitrogens with zero attached hydrogens (tertiary/aromatic N) is 2. The maximum atomic E-state index is 4.96. The number of anilines is 1. The van der Waals surface area contributed by atoms with Gasteiger partial charge in [-0.15, -0.1) is 5.11 Å². The van der Waals surface area contributed by atoms with E-state index < -0.39 is 0 Å². The van der Waals surface area contributed by atoms with Gasteiger partial charge in [0.15, 0.2) is 6.17 Å². The third-order valence-electron chi connectivity index (χ3n) is 2.47. The van der Waals surface area contributed by atoms with Crippen LogP contribution in [-0.4, -0.2) is 11.3 Å². The molecule has 2 atom stereocenters. The van der Waals surface area contributed by atoms with E-state index in [-0.39, 0.29) is 12.2 Å². The van der Waals surface area contributed by atoms with Crippen LogP contribution < -0.4 is 10.6 Å². The Labute approximate surface area is 86.4 Å². The molecule has 0 amide bonds. The summed E-state index contributed by atoms with van der Waals surface area (Å²) in [6.07, 6.45) is -0.0147. The molecule has 0 radical (unpaired) electrons. The van der Waals surface area contributed by atoms with Gasteiger partial charge in [-0.3, -0.25) is 0 Å². The van der Waals surface area contributed by atoms with Crippen LogP contribution in [0.1, 0.15) is 11.6 Å². The summed E-state index contributed by atoms with van der Waals surface area (Å²) in [7, 11) is 0. The summed E-state index contributed by atoms with van der Waals surface area (Å²) in [4.78, 5) is 0.